The number of amides is 4. The lowest BCUT2D eigenvalue weighted by Gasteiger charge is -2.37. The number of rotatable bonds is 7. The van der Waals surface area contributed by atoms with Gasteiger partial charge in [-0.15, -0.1) is 0 Å². The molecule has 9 nitrogen and oxygen atoms in total. The van der Waals surface area contributed by atoms with Gasteiger partial charge in [-0.1, -0.05) is 35.3 Å². The molecule has 0 radical (unpaired) electrons. The van der Waals surface area contributed by atoms with Crippen molar-refractivity contribution in [1.29, 1.82) is 0 Å². The Bertz CT molecular complexity index is 1040. The van der Waals surface area contributed by atoms with Gasteiger partial charge in [-0.3, -0.25) is 24.2 Å². The second-order valence-corrected chi connectivity index (χ2v) is 7.46. The second-order valence-electron chi connectivity index (χ2n) is 6.67. The molecule has 1 saturated heterocycles. The summed E-state index contributed by atoms with van der Waals surface area (Å²) in [6, 6.07) is 10.1. The van der Waals surface area contributed by atoms with Crippen molar-refractivity contribution in [2.24, 2.45) is 11.7 Å². The first-order chi connectivity index (χ1) is 14.7. The zero-order valence-corrected chi connectivity index (χ0v) is 17.5. The molecule has 1 unspecified atom stereocenters. The predicted octanol–water partition coefficient (Wildman–Crippen LogP) is 2.53. The Hall–Kier alpha value is -3.30. The summed E-state index contributed by atoms with van der Waals surface area (Å²) in [5, 5.41) is 9.93. The molecule has 0 aliphatic carbocycles. The Balaban J connectivity index is 1.89. The minimum Gasteiger partial charge on any atom is -0.484 e. The average molecular weight is 466 g/mol. The van der Waals surface area contributed by atoms with E-state index in [0.29, 0.717) is 17.0 Å². The number of hydrogen-bond acceptors (Lipinski definition) is 5. The summed E-state index contributed by atoms with van der Waals surface area (Å²) >= 11 is 12.2. The van der Waals surface area contributed by atoms with Crippen LogP contribution < -0.4 is 15.4 Å². The minimum atomic E-state index is -1.46. The normalized spacial score (nSPS) is 16.4. The molecule has 3 rings (SSSR count). The highest BCUT2D eigenvalue weighted by Gasteiger charge is 2.43. The molecule has 1 fully saturated rings. The number of anilines is 1. The van der Waals surface area contributed by atoms with Gasteiger partial charge in [0.05, 0.1) is 16.6 Å². The van der Waals surface area contributed by atoms with Gasteiger partial charge in [-0.05, 0) is 35.9 Å². The Morgan fingerprint density at radius 1 is 1.13 bits per heavy atom. The van der Waals surface area contributed by atoms with Gasteiger partial charge in [0.15, 0.2) is 12.5 Å². The van der Waals surface area contributed by atoms with Crippen LogP contribution in [0.4, 0.5) is 10.5 Å². The quantitative estimate of drug-likeness (QED) is 0.604. The Morgan fingerprint density at radius 2 is 1.81 bits per heavy atom. The topological polar surface area (TPSA) is 130 Å². The highest BCUT2D eigenvalue weighted by atomic mass is 35.5. The molecule has 4 amide bonds. The van der Waals surface area contributed by atoms with Crippen molar-refractivity contribution >= 4 is 52.7 Å². The third-order valence-corrected chi connectivity index (χ3v) is 5.44. The Labute approximate surface area is 186 Å². The lowest BCUT2D eigenvalue weighted by Crippen LogP contribution is -2.58. The molecular formula is C20H17Cl2N3O6. The monoisotopic (exact) mass is 465 g/mol. The van der Waals surface area contributed by atoms with Crippen LogP contribution in [0, 0.1) is 5.92 Å². The van der Waals surface area contributed by atoms with E-state index in [0.717, 1.165) is 4.90 Å². The molecular weight excluding hydrogens is 449 g/mol. The summed E-state index contributed by atoms with van der Waals surface area (Å²) in [5.74, 6) is -3.97. The standard InChI is InChI=1S/C20H17Cl2N3O6/c21-15-3-1-2-11(17(15)22)8-25-18(27)14(19(28)29)9-24(20(25)30)12-4-6-13(7-5-12)31-10-16(23)26/h1-7,14H,8-10H2,(H2,23,26)(H,28,29). The number of nitrogens with two attached hydrogens (primary N) is 1. The van der Waals surface area contributed by atoms with Crippen molar-refractivity contribution in [2.45, 2.75) is 6.54 Å². The van der Waals surface area contributed by atoms with Gasteiger partial charge in [0, 0.05) is 12.2 Å². The van der Waals surface area contributed by atoms with Crippen molar-refractivity contribution in [3.05, 3.63) is 58.1 Å². The van der Waals surface area contributed by atoms with E-state index in [1.165, 1.54) is 29.2 Å². The SMILES string of the molecule is NC(=O)COc1ccc(N2CC(C(=O)O)C(=O)N(Cc3cccc(Cl)c3Cl)C2=O)cc1. The zero-order valence-electron chi connectivity index (χ0n) is 16.0. The van der Waals surface area contributed by atoms with Crippen LogP contribution in [0.1, 0.15) is 5.56 Å². The van der Waals surface area contributed by atoms with E-state index in [4.69, 9.17) is 33.7 Å². The maximum atomic E-state index is 13.1. The zero-order chi connectivity index (χ0) is 22.7. The number of nitrogens with zero attached hydrogens (tertiary/aromatic N) is 2. The fraction of sp³-hybridized carbons (Fsp3) is 0.200. The third-order valence-electron chi connectivity index (χ3n) is 4.58. The number of halogens is 2. The lowest BCUT2D eigenvalue weighted by molar-refractivity contribution is -0.150. The van der Waals surface area contributed by atoms with E-state index >= 15 is 0 Å². The van der Waals surface area contributed by atoms with E-state index in [1.807, 2.05) is 0 Å². The Morgan fingerprint density at radius 3 is 2.42 bits per heavy atom. The molecule has 1 heterocycles. The van der Waals surface area contributed by atoms with Gasteiger partial charge in [0.1, 0.15) is 5.75 Å². The first-order valence-corrected chi connectivity index (χ1v) is 9.74. The molecule has 1 aliphatic heterocycles. The van der Waals surface area contributed by atoms with E-state index in [9.17, 15) is 24.3 Å². The van der Waals surface area contributed by atoms with Crippen LogP contribution in [0.2, 0.25) is 10.0 Å². The summed E-state index contributed by atoms with van der Waals surface area (Å²) in [5.41, 5.74) is 5.78. The second kappa shape index (κ2) is 9.23. The number of aliphatic carboxylic acids is 1. The van der Waals surface area contributed by atoms with Crippen LogP contribution in [-0.2, 0) is 20.9 Å². The maximum Gasteiger partial charge on any atom is 0.331 e. The summed E-state index contributed by atoms with van der Waals surface area (Å²) < 4.78 is 5.17. The number of carboxylic acids is 1. The number of primary amides is 1. The van der Waals surface area contributed by atoms with E-state index in [2.05, 4.69) is 0 Å². The molecule has 31 heavy (non-hydrogen) atoms. The van der Waals surface area contributed by atoms with Crippen molar-refractivity contribution in [3.8, 4) is 5.75 Å². The molecule has 1 atom stereocenters. The highest BCUT2D eigenvalue weighted by molar-refractivity contribution is 6.42. The number of imide groups is 1. The van der Waals surface area contributed by atoms with Crippen molar-refractivity contribution < 1.29 is 29.0 Å². The molecule has 2 aromatic rings. The molecule has 1 aliphatic rings. The van der Waals surface area contributed by atoms with E-state index < -0.39 is 29.7 Å². The number of carboxylic acid groups (broad SMARTS) is 1. The lowest BCUT2D eigenvalue weighted by atomic mass is 10.0. The van der Waals surface area contributed by atoms with Crippen LogP contribution in [0.25, 0.3) is 0 Å². The first kappa shape index (κ1) is 22.4. The molecule has 0 aromatic heterocycles. The van der Waals surface area contributed by atoms with Crippen LogP contribution in [0.5, 0.6) is 5.75 Å². The van der Waals surface area contributed by atoms with Crippen LogP contribution in [-0.4, -0.2) is 47.0 Å². The molecule has 2 aromatic carbocycles. The predicted molar refractivity (Wildman–Crippen MR) is 112 cm³/mol. The van der Waals surface area contributed by atoms with Gasteiger partial charge in [-0.2, -0.15) is 0 Å². The minimum absolute atomic E-state index is 0.171. The summed E-state index contributed by atoms with van der Waals surface area (Å²) in [7, 11) is 0. The fourth-order valence-corrected chi connectivity index (χ4v) is 3.41. The maximum absolute atomic E-state index is 13.1. The van der Waals surface area contributed by atoms with E-state index in [1.54, 1.807) is 18.2 Å². The van der Waals surface area contributed by atoms with Crippen LogP contribution >= 0.6 is 23.2 Å². The summed E-state index contributed by atoms with van der Waals surface area (Å²) in [6.45, 7) is -0.892. The van der Waals surface area contributed by atoms with Gasteiger partial charge in [-0.25, -0.2) is 4.79 Å². The number of ether oxygens (including phenoxy) is 1. The number of carbonyl (C=O) groups excluding carboxylic acids is 3. The van der Waals surface area contributed by atoms with Crippen molar-refractivity contribution in [2.75, 3.05) is 18.1 Å². The first-order valence-electron chi connectivity index (χ1n) is 8.98. The third kappa shape index (κ3) is 4.89. The van der Waals surface area contributed by atoms with Crippen molar-refractivity contribution in [3.63, 3.8) is 0 Å². The molecule has 162 valence electrons. The smallest absolute Gasteiger partial charge is 0.331 e. The molecule has 0 spiro atoms. The van der Waals surface area contributed by atoms with Crippen LogP contribution in [0.3, 0.4) is 0 Å². The van der Waals surface area contributed by atoms with Crippen LogP contribution in [0.15, 0.2) is 42.5 Å². The molecule has 11 heteroatoms. The average Bonchev–Trinajstić information content (AvgIpc) is 2.73. The number of benzene rings is 2. The molecule has 0 bridgehead atoms. The summed E-state index contributed by atoms with van der Waals surface area (Å²) in [4.78, 5) is 50.3. The van der Waals surface area contributed by atoms with Crippen molar-refractivity contribution in [1.82, 2.24) is 4.90 Å². The van der Waals surface area contributed by atoms with E-state index in [-0.39, 0.29) is 29.7 Å². The van der Waals surface area contributed by atoms with Gasteiger partial charge in [0.25, 0.3) is 5.91 Å². The fourth-order valence-electron chi connectivity index (χ4n) is 3.03. The number of carbonyl (C=O) groups is 4. The number of hydrogen-bond donors (Lipinski definition) is 2. The number of urea groups is 1. The highest BCUT2D eigenvalue weighted by Crippen LogP contribution is 2.30. The Kier molecular flexibility index (Phi) is 6.67. The molecule has 3 N–H and O–H groups in total. The van der Waals surface area contributed by atoms with Gasteiger partial charge < -0.3 is 15.6 Å². The largest absolute Gasteiger partial charge is 0.484 e. The molecule has 0 saturated carbocycles. The summed E-state index contributed by atoms with van der Waals surface area (Å²) in [6.07, 6.45) is 0. The van der Waals surface area contributed by atoms with Gasteiger partial charge >= 0.3 is 12.0 Å². The van der Waals surface area contributed by atoms with Gasteiger partial charge in [0.2, 0.25) is 5.91 Å².